The fraction of sp³-hybridized carbons (Fsp3) is 0.409. The standard InChI is InChI=1S/C22H25FN2O6S/c23-16-3-7-19(8-4-16)32(28,29)24-17-5-1-15(2-6-17)22-20(13-26)25(21(27)14-31-22)18-9-11-30-12-10-18/h1-8,18,20,22,24,26H,9-14H2/t20-,22-/m1/s1. The van der Waals surface area contributed by atoms with Crippen molar-refractivity contribution in [2.24, 2.45) is 0 Å². The number of benzene rings is 2. The molecule has 2 aromatic rings. The molecule has 2 fully saturated rings. The van der Waals surface area contributed by atoms with Crippen LogP contribution >= 0.6 is 0 Å². The number of nitrogens with zero attached hydrogens (tertiary/aromatic N) is 1. The second-order valence-corrected chi connectivity index (χ2v) is 9.49. The van der Waals surface area contributed by atoms with Crippen molar-refractivity contribution in [1.82, 2.24) is 4.90 Å². The summed E-state index contributed by atoms with van der Waals surface area (Å²) >= 11 is 0. The molecular formula is C22H25FN2O6S. The number of aliphatic hydroxyl groups is 1. The van der Waals surface area contributed by atoms with Gasteiger partial charge < -0.3 is 19.5 Å². The van der Waals surface area contributed by atoms with Crippen molar-refractivity contribution in [3.63, 3.8) is 0 Å². The van der Waals surface area contributed by atoms with Gasteiger partial charge in [-0.05, 0) is 54.8 Å². The summed E-state index contributed by atoms with van der Waals surface area (Å²) in [6.45, 7) is 0.798. The summed E-state index contributed by atoms with van der Waals surface area (Å²) in [5, 5.41) is 10.1. The summed E-state index contributed by atoms with van der Waals surface area (Å²) in [7, 11) is -3.87. The fourth-order valence-electron chi connectivity index (χ4n) is 4.19. The van der Waals surface area contributed by atoms with Gasteiger partial charge in [0.25, 0.3) is 10.0 Å². The maximum Gasteiger partial charge on any atom is 0.261 e. The maximum absolute atomic E-state index is 13.1. The Hall–Kier alpha value is -2.53. The van der Waals surface area contributed by atoms with Gasteiger partial charge in [0.2, 0.25) is 5.91 Å². The van der Waals surface area contributed by atoms with Gasteiger partial charge in [-0.2, -0.15) is 0 Å². The SMILES string of the molecule is O=C1CO[C@H](c2ccc(NS(=O)(=O)c3ccc(F)cc3)cc2)[C@@H](CO)N1C1CCOCC1. The predicted molar refractivity (Wildman–Crippen MR) is 114 cm³/mol. The number of sulfonamides is 1. The second kappa shape index (κ2) is 9.53. The van der Waals surface area contributed by atoms with Crippen molar-refractivity contribution in [3.05, 3.63) is 59.9 Å². The number of rotatable bonds is 6. The van der Waals surface area contributed by atoms with Crippen LogP contribution < -0.4 is 4.72 Å². The summed E-state index contributed by atoms with van der Waals surface area (Å²) in [5.74, 6) is -0.677. The first-order valence-electron chi connectivity index (χ1n) is 10.4. The van der Waals surface area contributed by atoms with Crippen LogP contribution in [0.4, 0.5) is 10.1 Å². The predicted octanol–water partition coefficient (Wildman–Crippen LogP) is 2.07. The molecule has 1 amide bonds. The Labute approximate surface area is 186 Å². The number of morpholine rings is 1. The third-order valence-corrected chi connectivity index (χ3v) is 7.16. The molecular weight excluding hydrogens is 439 g/mol. The third-order valence-electron chi connectivity index (χ3n) is 5.77. The zero-order valence-electron chi connectivity index (χ0n) is 17.3. The van der Waals surface area contributed by atoms with E-state index in [-0.39, 0.29) is 30.1 Å². The molecule has 0 saturated carbocycles. The fourth-order valence-corrected chi connectivity index (χ4v) is 5.24. The van der Waals surface area contributed by atoms with E-state index in [0.29, 0.717) is 31.7 Å². The number of ether oxygens (including phenoxy) is 2. The first-order chi connectivity index (χ1) is 15.4. The number of hydrogen-bond acceptors (Lipinski definition) is 6. The molecule has 0 aromatic heterocycles. The van der Waals surface area contributed by atoms with Gasteiger partial charge in [0.1, 0.15) is 18.5 Å². The molecule has 2 atom stereocenters. The van der Waals surface area contributed by atoms with Crippen LogP contribution in [0.25, 0.3) is 0 Å². The molecule has 2 aliphatic rings. The van der Waals surface area contributed by atoms with Gasteiger partial charge in [0, 0.05) is 24.9 Å². The number of amides is 1. The molecule has 0 radical (unpaired) electrons. The molecule has 0 aliphatic carbocycles. The summed E-state index contributed by atoms with van der Waals surface area (Å²) in [4.78, 5) is 14.2. The highest BCUT2D eigenvalue weighted by Gasteiger charge is 2.41. The molecule has 0 unspecified atom stereocenters. The van der Waals surface area contributed by atoms with Crippen molar-refractivity contribution in [2.45, 2.75) is 35.9 Å². The van der Waals surface area contributed by atoms with Crippen molar-refractivity contribution < 1.29 is 32.2 Å². The molecule has 8 nitrogen and oxygen atoms in total. The first-order valence-corrected chi connectivity index (χ1v) is 11.9. The van der Waals surface area contributed by atoms with E-state index < -0.39 is 28.0 Å². The largest absolute Gasteiger partial charge is 0.394 e. The Balaban J connectivity index is 1.51. The third kappa shape index (κ3) is 4.78. The van der Waals surface area contributed by atoms with Gasteiger partial charge in [-0.1, -0.05) is 12.1 Å². The van der Waals surface area contributed by atoms with Gasteiger partial charge in [0.15, 0.2) is 0 Å². The average Bonchev–Trinajstić information content (AvgIpc) is 2.80. The van der Waals surface area contributed by atoms with Crippen LogP contribution in [-0.2, 0) is 24.3 Å². The molecule has 2 N–H and O–H groups in total. The summed E-state index contributed by atoms with van der Waals surface area (Å²) < 4.78 is 51.7. The van der Waals surface area contributed by atoms with Crippen LogP contribution in [-0.4, -0.2) is 62.8 Å². The minimum absolute atomic E-state index is 0.0124. The van der Waals surface area contributed by atoms with E-state index in [1.54, 1.807) is 29.2 Å². The van der Waals surface area contributed by atoms with Crippen molar-refractivity contribution in [3.8, 4) is 0 Å². The molecule has 32 heavy (non-hydrogen) atoms. The number of halogens is 1. The normalized spacial score (nSPS) is 22.7. The van der Waals surface area contributed by atoms with E-state index in [1.165, 1.54) is 12.1 Å². The highest BCUT2D eigenvalue weighted by Crippen LogP contribution is 2.33. The van der Waals surface area contributed by atoms with Crippen LogP contribution in [0, 0.1) is 5.82 Å². The molecule has 4 rings (SSSR count). The molecule has 10 heteroatoms. The van der Waals surface area contributed by atoms with Gasteiger partial charge in [-0.25, -0.2) is 12.8 Å². The molecule has 0 bridgehead atoms. The topological polar surface area (TPSA) is 105 Å². The van der Waals surface area contributed by atoms with Gasteiger partial charge >= 0.3 is 0 Å². The van der Waals surface area contributed by atoms with Crippen LogP contribution in [0.15, 0.2) is 53.4 Å². The lowest BCUT2D eigenvalue weighted by Gasteiger charge is -2.45. The molecule has 2 aliphatic heterocycles. The Morgan fingerprint density at radius 3 is 2.34 bits per heavy atom. The Kier molecular flexibility index (Phi) is 6.75. The maximum atomic E-state index is 13.1. The first kappa shape index (κ1) is 22.7. The molecule has 2 saturated heterocycles. The van der Waals surface area contributed by atoms with Crippen LogP contribution in [0.3, 0.4) is 0 Å². The molecule has 2 heterocycles. The monoisotopic (exact) mass is 464 g/mol. The van der Waals surface area contributed by atoms with Gasteiger partial charge in [0.05, 0.1) is 17.5 Å². The number of carbonyl (C=O) groups is 1. The number of hydrogen-bond donors (Lipinski definition) is 2. The lowest BCUT2D eigenvalue weighted by atomic mass is 9.95. The van der Waals surface area contributed by atoms with Crippen molar-refractivity contribution in [1.29, 1.82) is 0 Å². The smallest absolute Gasteiger partial charge is 0.261 e. The lowest BCUT2D eigenvalue weighted by molar-refractivity contribution is -0.168. The van der Waals surface area contributed by atoms with E-state index in [1.807, 2.05) is 0 Å². The second-order valence-electron chi connectivity index (χ2n) is 7.81. The lowest BCUT2D eigenvalue weighted by Crippen LogP contribution is -2.57. The number of nitrogens with one attached hydrogen (secondary N) is 1. The van der Waals surface area contributed by atoms with Gasteiger partial charge in [-0.15, -0.1) is 0 Å². The molecule has 0 spiro atoms. The van der Waals surface area contributed by atoms with Crippen molar-refractivity contribution >= 4 is 21.6 Å². The number of aliphatic hydroxyl groups excluding tert-OH is 1. The van der Waals surface area contributed by atoms with E-state index >= 15 is 0 Å². The zero-order valence-corrected chi connectivity index (χ0v) is 18.1. The van der Waals surface area contributed by atoms with Gasteiger partial charge in [-0.3, -0.25) is 9.52 Å². The van der Waals surface area contributed by atoms with Crippen molar-refractivity contribution in [2.75, 3.05) is 31.1 Å². The Morgan fingerprint density at radius 2 is 1.72 bits per heavy atom. The summed E-state index contributed by atoms with van der Waals surface area (Å²) in [5.41, 5.74) is 1.05. The number of anilines is 1. The van der Waals surface area contributed by atoms with Crippen LogP contribution in [0.2, 0.25) is 0 Å². The van der Waals surface area contributed by atoms with E-state index in [0.717, 1.165) is 17.7 Å². The minimum atomic E-state index is -3.87. The quantitative estimate of drug-likeness (QED) is 0.678. The highest BCUT2D eigenvalue weighted by molar-refractivity contribution is 7.92. The molecule has 2 aromatic carbocycles. The van der Waals surface area contributed by atoms with Crippen LogP contribution in [0.1, 0.15) is 24.5 Å². The Morgan fingerprint density at radius 1 is 1.06 bits per heavy atom. The minimum Gasteiger partial charge on any atom is -0.394 e. The van der Waals surface area contributed by atoms with E-state index in [9.17, 15) is 22.7 Å². The zero-order chi connectivity index (χ0) is 22.7. The average molecular weight is 465 g/mol. The molecule has 172 valence electrons. The Bertz CT molecular complexity index is 1040. The summed E-state index contributed by atoms with van der Waals surface area (Å²) in [6, 6.07) is 10.6. The number of carbonyl (C=O) groups excluding carboxylic acids is 1. The highest BCUT2D eigenvalue weighted by atomic mass is 32.2. The van der Waals surface area contributed by atoms with E-state index in [4.69, 9.17) is 9.47 Å². The summed E-state index contributed by atoms with van der Waals surface area (Å²) in [6.07, 6.45) is 0.876. The van der Waals surface area contributed by atoms with E-state index in [2.05, 4.69) is 4.72 Å². The van der Waals surface area contributed by atoms with Crippen LogP contribution in [0.5, 0.6) is 0 Å².